The molecule has 0 aromatic carbocycles. The lowest BCUT2D eigenvalue weighted by molar-refractivity contribution is -0.121. The number of nitrogens with one attached hydrogen (secondary N) is 2. The molecule has 8 heteroatoms. The van der Waals surface area contributed by atoms with Crippen LogP contribution in [0.15, 0.2) is 17.5 Å². The number of carbonyl (C=O) groups excluding carboxylic acids is 2. The van der Waals surface area contributed by atoms with Gasteiger partial charge in [-0.3, -0.25) is 9.59 Å². The largest absolute Gasteiger partial charge is 0.356 e. The molecular weight excluding hydrogens is 350 g/mol. The minimum absolute atomic E-state index is 0.00553. The zero-order valence-corrected chi connectivity index (χ0v) is 15.7. The summed E-state index contributed by atoms with van der Waals surface area (Å²) in [5.74, 6) is 1.97. The van der Waals surface area contributed by atoms with Crippen molar-refractivity contribution in [1.29, 1.82) is 0 Å². The molecule has 0 unspecified atom stereocenters. The van der Waals surface area contributed by atoms with E-state index in [-0.39, 0.29) is 11.8 Å². The van der Waals surface area contributed by atoms with Crippen molar-refractivity contribution in [2.75, 3.05) is 13.1 Å². The molecule has 0 atom stereocenters. The summed E-state index contributed by atoms with van der Waals surface area (Å²) in [6, 6.07) is 3.64. The predicted octanol–water partition coefficient (Wildman–Crippen LogP) is 1.93. The second kappa shape index (κ2) is 9.47. The van der Waals surface area contributed by atoms with E-state index in [4.69, 9.17) is 0 Å². The van der Waals surface area contributed by atoms with E-state index in [1.807, 2.05) is 11.4 Å². The summed E-state index contributed by atoms with van der Waals surface area (Å²) in [4.78, 5) is 24.4. The van der Waals surface area contributed by atoms with Crippen molar-refractivity contribution >= 4 is 23.2 Å². The molecule has 0 fully saturated rings. The number of fused-ring (bicyclic) bond motifs is 1. The Hall–Kier alpha value is -2.22. The molecule has 3 rings (SSSR count). The molecule has 26 heavy (non-hydrogen) atoms. The highest BCUT2D eigenvalue weighted by atomic mass is 32.1. The Morgan fingerprint density at radius 3 is 2.92 bits per heavy atom. The normalized spacial score (nSPS) is 13.7. The number of amides is 2. The molecule has 0 spiro atoms. The van der Waals surface area contributed by atoms with Crippen LogP contribution in [0.5, 0.6) is 0 Å². The molecule has 3 heterocycles. The molecule has 140 valence electrons. The summed E-state index contributed by atoms with van der Waals surface area (Å²) in [6.07, 6.45) is 6.32. The number of carbonyl (C=O) groups is 2. The number of thiophene rings is 1. The van der Waals surface area contributed by atoms with Gasteiger partial charge in [-0.25, -0.2) is 0 Å². The Labute approximate surface area is 157 Å². The molecule has 0 saturated heterocycles. The van der Waals surface area contributed by atoms with Crippen molar-refractivity contribution in [3.8, 4) is 0 Å². The zero-order valence-electron chi connectivity index (χ0n) is 14.9. The Bertz CT molecular complexity index is 726. The maximum absolute atomic E-state index is 11.9. The van der Waals surface area contributed by atoms with Crippen LogP contribution in [0.25, 0.3) is 0 Å². The third-order valence-electron chi connectivity index (χ3n) is 4.47. The summed E-state index contributed by atoms with van der Waals surface area (Å²) >= 11 is 1.41. The van der Waals surface area contributed by atoms with Gasteiger partial charge >= 0.3 is 0 Å². The van der Waals surface area contributed by atoms with E-state index in [9.17, 15) is 9.59 Å². The molecule has 2 aromatic heterocycles. The van der Waals surface area contributed by atoms with Crippen molar-refractivity contribution in [1.82, 2.24) is 25.4 Å². The van der Waals surface area contributed by atoms with Crippen LogP contribution in [0.2, 0.25) is 0 Å². The minimum atomic E-state index is -0.0760. The first-order chi connectivity index (χ1) is 12.7. The fraction of sp³-hybridized carbons (Fsp3) is 0.556. The van der Waals surface area contributed by atoms with E-state index in [1.165, 1.54) is 30.6 Å². The molecule has 1 aliphatic heterocycles. The van der Waals surface area contributed by atoms with E-state index in [2.05, 4.69) is 25.4 Å². The fourth-order valence-corrected chi connectivity index (χ4v) is 3.72. The van der Waals surface area contributed by atoms with Crippen molar-refractivity contribution in [2.24, 2.45) is 0 Å². The number of aromatic nitrogens is 3. The van der Waals surface area contributed by atoms with Gasteiger partial charge in [0.15, 0.2) is 0 Å². The van der Waals surface area contributed by atoms with E-state index >= 15 is 0 Å². The highest BCUT2D eigenvalue weighted by Crippen LogP contribution is 2.14. The molecule has 2 amide bonds. The summed E-state index contributed by atoms with van der Waals surface area (Å²) < 4.78 is 2.21. The zero-order chi connectivity index (χ0) is 18.2. The van der Waals surface area contributed by atoms with Crippen LogP contribution in [-0.4, -0.2) is 39.7 Å². The van der Waals surface area contributed by atoms with Gasteiger partial charge in [-0.15, -0.1) is 21.5 Å². The van der Waals surface area contributed by atoms with E-state index in [0.29, 0.717) is 37.2 Å². The highest BCUT2D eigenvalue weighted by Gasteiger charge is 2.14. The quantitative estimate of drug-likeness (QED) is 0.690. The second-order valence-electron chi connectivity index (χ2n) is 6.43. The first kappa shape index (κ1) is 18.6. The maximum atomic E-state index is 11.9. The van der Waals surface area contributed by atoms with Crippen LogP contribution < -0.4 is 10.6 Å². The van der Waals surface area contributed by atoms with Crippen LogP contribution in [0.3, 0.4) is 0 Å². The first-order valence-corrected chi connectivity index (χ1v) is 10.1. The molecule has 0 bridgehead atoms. The van der Waals surface area contributed by atoms with Gasteiger partial charge in [0.1, 0.15) is 11.6 Å². The second-order valence-corrected chi connectivity index (χ2v) is 7.38. The number of hydrogen-bond donors (Lipinski definition) is 2. The molecule has 2 aromatic rings. The minimum Gasteiger partial charge on any atom is -0.356 e. The lowest BCUT2D eigenvalue weighted by atomic mass is 10.2. The van der Waals surface area contributed by atoms with E-state index in [0.717, 1.165) is 24.6 Å². The lowest BCUT2D eigenvalue weighted by Crippen LogP contribution is -2.28. The average Bonchev–Trinajstić information content (AvgIpc) is 3.24. The third kappa shape index (κ3) is 5.14. The summed E-state index contributed by atoms with van der Waals surface area (Å²) in [5.41, 5.74) is 0. The molecule has 2 N–H and O–H groups in total. The summed E-state index contributed by atoms with van der Waals surface area (Å²) in [6.45, 7) is 2.05. The van der Waals surface area contributed by atoms with Crippen molar-refractivity contribution < 1.29 is 9.59 Å². The average molecular weight is 375 g/mol. The van der Waals surface area contributed by atoms with Gasteiger partial charge in [-0.05, 0) is 30.7 Å². The van der Waals surface area contributed by atoms with Gasteiger partial charge in [-0.2, -0.15) is 0 Å². The van der Waals surface area contributed by atoms with Crippen LogP contribution >= 0.6 is 11.3 Å². The van der Waals surface area contributed by atoms with E-state index in [1.54, 1.807) is 6.07 Å². The Morgan fingerprint density at radius 1 is 1.15 bits per heavy atom. The van der Waals surface area contributed by atoms with Gasteiger partial charge in [0.2, 0.25) is 5.91 Å². The van der Waals surface area contributed by atoms with E-state index < -0.39 is 0 Å². The van der Waals surface area contributed by atoms with Gasteiger partial charge in [0, 0.05) is 38.9 Å². The number of aryl methyl sites for hydroxylation is 1. The number of rotatable bonds is 8. The lowest BCUT2D eigenvalue weighted by Gasteiger charge is -2.08. The third-order valence-corrected chi connectivity index (χ3v) is 5.34. The van der Waals surface area contributed by atoms with Gasteiger partial charge < -0.3 is 15.2 Å². The smallest absolute Gasteiger partial charge is 0.261 e. The highest BCUT2D eigenvalue weighted by molar-refractivity contribution is 7.12. The van der Waals surface area contributed by atoms with Crippen LogP contribution in [-0.2, 0) is 24.2 Å². The molecule has 7 nitrogen and oxygen atoms in total. The Morgan fingerprint density at radius 2 is 2.08 bits per heavy atom. The van der Waals surface area contributed by atoms with Gasteiger partial charge in [0.25, 0.3) is 5.91 Å². The predicted molar refractivity (Wildman–Crippen MR) is 100 cm³/mol. The SMILES string of the molecule is O=C(CCCNC(=O)c1cccs1)NCCc1nnc2n1CCCCC2. The first-order valence-electron chi connectivity index (χ1n) is 9.23. The molecule has 1 aliphatic rings. The van der Waals surface area contributed by atoms with Crippen LogP contribution in [0.4, 0.5) is 0 Å². The molecule has 0 radical (unpaired) electrons. The maximum Gasteiger partial charge on any atom is 0.261 e. The molecule has 0 aliphatic carbocycles. The fourth-order valence-electron chi connectivity index (χ4n) is 3.08. The molecular formula is C18H25N5O2S. The molecule has 0 saturated carbocycles. The van der Waals surface area contributed by atoms with Crippen molar-refractivity contribution in [2.45, 2.75) is 51.5 Å². The van der Waals surface area contributed by atoms with Gasteiger partial charge in [-0.1, -0.05) is 12.5 Å². The summed E-state index contributed by atoms with van der Waals surface area (Å²) in [7, 11) is 0. The topological polar surface area (TPSA) is 88.9 Å². The Kier molecular flexibility index (Phi) is 6.76. The Balaban J connectivity index is 1.31. The van der Waals surface area contributed by atoms with Crippen molar-refractivity contribution in [3.05, 3.63) is 34.0 Å². The monoisotopic (exact) mass is 375 g/mol. The number of hydrogen-bond acceptors (Lipinski definition) is 5. The van der Waals surface area contributed by atoms with Crippen LogP contribution in [0, 0.1) is 0 Å². The standard InChI is InChI=1S/C18H25N5O2S/c24-17(8-4-10-20-18(25)14-6-5-13-26-14)19-11-9-16-22-21-15-7-2-1-3-12-23(15)16/h5-6,13H,1-4,7-12H2,(H,19,24)(H,20,25). The van der Waals surface area contributed by atoms with Crippen LogP contribution in [0.1, 0.15) is 53.4 Å². The van der Waals surface area contributed by atoms with Crippen molar-refractivity contribution in [3.63, 3.8) is 0 Å². The summed E-state index contributed by atoms with van der Waals surface area (Å²) in [5, 5.41) is 16.2. The van der Waals surface area contributed by atoms with Gasteiger partial charge in [0.05, 0.1) is 4.88 Å². The number of nitrogens with zero attached hydrogens (tertiary/aromatic N) is 3.